The van der Waals surface area contributed by atoms with Crippen LogP contribution in [0.15, 0.2) is 54.6 Å². The normalized spacial score (nSPS) is 28.1. The average Bonchev–Trinajstić information content (AvgIpc) is 3.00. The molecule has 0 spiro atoms. The summed E-state index contributed by atoms with van der Waals surface area (Å²) >= 11 is 0. The van der Waals surface area contributed by atoms with Crippen LogP contribution in [-0.2, 0) is 6.42 Å². The molecule has 108 valence electrons. The predicted octanol–water partition coefficient (Wildman–Crippen LogP) is 4.36. The highest BCUT2D eigenvalue weighted by Crippen LogP contribution is 2.62. The number of fused-ring (bicyclic) bond motifs is 1. The zero-order valence-corrected chi connectivity index (χ0v) is 12.3. The molecule has 4 rings (SSSR count). The summed E-state index contributed by atoms with van der Waals surface area (Å²) in [7, 11) is 0. The Balaban J connectivity index is 1.44. The molecule has 0 saturated heterocycles. The van der Waals surface area contributed by atoms with Crippen LogP contribution < -0.4 is 0 Å². The molecule has 21 heavy (non-hydrogen) atoms. The molecule has 2 aliphatic rings. The Morgan fingerprint density at radius 3 is 2.14 bits per heavy atom. The van der Waals surface area contributed by atoms with Crippen molar-refractivity contribution < 1.29 is 5.11 Å². The lowest BCUT2D eigenvalue weighted by Crippen LogP contribution is -2.04. The van der Waals surface area contributed by atoms with Crippen molar-refractivity contribution in [3.8, 4) is 0 Å². The van der Waals surface area contributed by atoms with E-state index in [0.717, 1.165) is 23.8 Å². The summed E-state index contributed by atoms with van der Waals surface area (Å²) < 4.78 is 0. The van der Waals surface area contributed by atoms with Gasteiger partial charge in [-0.1, -0.05) is 61.0 Å². The van der Waals surface area contributed by atoms with E-state index in [9.17, 15) is 5.11 Å². The lowest BCUT2D eigenvalue weighted by Gasteiger charge is -2.13. The first-order chi connectivity index (χ1) is 10.3. The van der Waals surface area contributed by atoms with Gasteiger partial charge in [-0.25, -0.2) is 0 Å². The maximum atomic E-state index is 10.5. The van der Waals surface area contributed by atoms with Crippen LogP contribution in [-0.4, -0.2) is 5.11 Å². The molecule has 3 unspecified atom stereocenters. The monoisotopic (exact) mass is 278 g/mol. The second kappa shape index (κ2) is 5.31. The molecule has 0 radical (unpaired) electrons. The third-order valence-corrected chi connectivity index (χ3v) is 5.41. The van der Waals surface area contributed by atoms with E-state index < -0.39 is 0 Å². The van der Waals surface area contributed by atoms with Crippen molar-refractivity contribution in [1.82, 2.24) is 0 Å². The second-order valence-corrected chi connectivity index (χ2v) is 6.68. The van der Waals surface area contributed by atoms with E-state index in [2.05, 4.69) is 54.6 Å². The highest BCUT2D eigenvalue weighted by atomic mass is 16.3. The predicted molar refractivity (Wildman–Crippen MR) is 85.0 cm³/mol. The minimum atomic E-state index is -0.244. The van der Waals surface area contributed by atoms with Crippen LogP contribution in [0, 0.1) is 17.8 Å². The van der Waals surface area contributed by atoms with Gasteiger partial charge in [0.05, 0.1) is 6.10 Å². The SMILES string of the molecule is OC(c1ccc(Cc2ccccc2)cc1)C1C2CCCC21. The van der Waals surface area contributed by atoms with Gasteiger partial charge in [-0.15, -0.1) is 0 Å². The van der Waals surface area contributed by atoms with Crippen molar-refractivity contribution in [2.75, 3.05) is 0 Å². The fraction of sp³-hybridized carbons (Fsp3) is 0.400. The number of hydrogen-bond acceptors (Lipinski definition) is 1. The van der Waals surface area contributed by atoms with Crippen LogP contribution in [0.2, 0.25) is 0 Å². The Bertz CT molecular complexity index is 591. The van der Waals surface area contributed by atoms with Crippen molar-refractivity contribution in [3.63, 3.8) is 0 Å². The van der Waals surface area contributed by atoms with Gasteiger partial charge in [-0.3, -0.25) is 0 Å². The molecular weight excluding hydrogens is 256 g/mol. The molecule has 0 aliphatic heterocycles. The van der Waals surface area contributed by atoms with Crippen molar-refractivity contribution in [2.45, 2.75) is 31.8 Å². The smallest absolute Gasteiger partial charge is 0.0823 e. The van der Waals surface area contributed by atoms with E-state index in [0.29, 0.717) is 5.92 Å². The first-order valence-corrected chi connectivity index (χ1v) is 8.14. The lowest BCUT2D eigenvalue weighted by atomic mass is 9.97. The lowest BCUT2D eigenvalue weighted by molar-refractivity contribution is 0.137. The molecular formula is C20H22O. The summed E-state index contributed by atoms with van der Waals surface area (Å²) in [4.78, 5) is 0. The standard InChI is InChI=1S/C20H22O/c21-20(19-17-7-4-8-18(17)19)16-11-9-15(10-12-16)13-14-5-2-1-3-6-14/h1-3,5-6,9-12,17-21H,4,7-8,13H2. The van der Waals surface area contributed by atoms with Crippen LogP contribution >= 0.6 is 0 Å². The zero-order valence-electron chi connectivity index (χ0n) is 12.3. The van der Waals surface area contributed by atoms with Crippen LogP contribution in [0.3, 0.4) is 0 Å². The molecule has 1 heteroatoms. The van der Waals surface area contributed by atoms with Gasteiger partial charge >= 0.3 is 0 Å². The number of hydrogen-bond donors (Lipinski definition) is 1. The first-order valence-electron chi connectivity index (χ1n) is 8.14. The van der Waals surface area contributed by atoms with Crippen LogP contribution in [0.1, 0.15) is 42.1 Å². The number of aliphatic hydroxyl groups is 1. The third-order valence-electron chi connectivity index (χ3n) is 5.41. The average molecular weight is 278 g/mol. The topological polar surface area (TPSA) is 20.2 Å². The van der Waals surface area contributed by atoms with E-state index in [1.165, 1.54) is 30.4 Å². The van der Waals surface area contributed by atoms with Gasteiger partial charge in [-0.2, -0.15) is 0 Å². The summed E-state index contributed by atoms with van der Waals surface area (Å²) in [5, 5.41) is 10.5. The quantitative estimate of drug-likeness (QED) is 0.881. The zero-order chi connectivity index (χ0) is 14.2. The minimum Gasteiger partial charge on any atom is -0.388 e. The van der Waals surface area contributed by atoms with Gasteiger partial charge in [0.25, 0.3) is 0 Å². The van der Waals surface area contributed by atoms with Crippen molar-refractivity contribution in [3.05, 3.63) is 71.3 Å². The third kappa shape index (κ3) is 2.51. The van der Waals surface area contributed by atoms with Crippen molar-refractivity contribution >= 4 is 0 Å². The molecule has 2 aliphatic carbocycles. The summed E-state index contributed by atoms with van der Waals surface area (Å²) in [6.07, 6.45) is 4.75. The molecule has 2 saturated carbocycles. The highest BCUT2D eigenvalue weighted by molar-refractivity contribution is 5.30. The molecule has 3 atom stereocenters. The highest BCUT2D eigenvalue weighted by Gasteiger charge is 2.55. The van der Waals surface area contributed by atoms with Gasteiger partial charge in [0.1, 0.15) is 0 Å². The number of benzene rings is 2. The molecule has 0 aromatic heterocycles. The molecule has 2 fully saturated rings. The molecule has 0 heterocycles. The molecule has 2 aromatic rings. The van der Waals surface area contributed by atoms with Crippen LogP contribution in [0.5, 0.6) is 0 Å². The van der Waals surface area contributed by atoms with E-state index >= 15 is 0 Å². The van der Waals surface area contributed by atoms with E-state index in [-0.39, 0.29) is 6.10 Å². The summed E-state index contributed by atoms with van der Waals surface area (Å²) in [6.45, 7) is 0. The van der Waals surface area contributed by atoms with E-state index in [1.54, 1.807) is 0 Å². The Hall–Kier alpha value is -1.60. The Kier molecular flexibility index (Phi) is 3.31. The minimum absolute atomic E-state index is 0.244. The Morgan fingerprint density at radius 1 is 0.857 bits per heavy atom. The van der Waals surface area contributed by atoms with Crippen LogP contribution in [0.4, 0.5) is 0 Å². The van der Waals surface area contributed by atoms with Gasteiger partial charge < -0.3 is 5.11 Å². The number of aliphatic hydroxyl groups excluding tert-OH is 1. The molecule has 0 bridgehead atoms. The first kappa shape index (κ1) is 13.1. The van der Waals surface area contributed by atoms with Crippen LogP contribution in [0.25, 0.3) is 0 Å². The van der Waals surface area contributed by atoms with Crippen molar-refractivity contribution in [2.24, 2.45) is 17.8 Å². The van der Waals surface area contributed by atoms with E-state index in [4.69, 9.17) is 0 Å². The number of rotatable bonds is 4. The molecule has 1 nitrogen and oxygen atoms in total. The summed E-state index contributed by atoms with van der Waals surface area (Å²) in [5.41, 5.74) is 3.75. The second-order valence-electron chi connectivity index (χ2n) is 6.68. The van der Waals surface area contributed by atoms with Crippen molar-refractivity contribution in [1.29, 1.82) is 0 Å². The van der Waals surface area contributed by atoms with Gasteiger partial charge in [0, 0.05) is 0 Å². The maximum Gasteiger partial charge on any atom is 0.0823 e. The fourth-order valence-electron chi connectivity index (χ4n) is 4.23. The summed E-state index contributed by atoms with van der Waals surface area (Å²) in [5.74, 6) is 2.16. The fourth-order valence-corrected chi connectivity index (χ4v) is 4.23. The molecule has 0 amide bonds. The molecule has 2 aromatic carbocycles. The molecule has 1 N–H and O–H groups in total. The van der Waals surface area contributed by atoms with Gasteiger partial charge in [0.15, 0.2) is 0 Å². The van der Waals surface area contributed by atoms with E-state index in [1.807, 2.05) is 0 Å². The van der Waals surface area contributed by atoms with Gasteiger partial charge in [0.2, 0.25) is 0 Å². The van der Waals surface area contributed by atoms with Gasteiger partial charge in [-0.05, 0) is 53.7 Å². The Morgan fingerprint density at radius 2 is 1.48 bits per heavy atom. The Labute approximate surface area is 126 Å². The maximum absolute atomic E-state index is 10.5. The largest absolute Gasteiger partial charge is 0.388 e. The summed E-state index contributed by atoms with van der Waals surface area (Å²) in [6, 6.07) is 19.1.